The van der Waals surface area contributed by atoms with Gasteiger partial charge in [0.1, 0.15) is 0 Å². The highest BCUT2D eigenvalue weighted by molar-refractivity contribution is 5.73. The number of hydrogen-bond acceptors (Lipinski definition) is 4. The lowest BCUT2D eigenvalue weighted by atomic mass is 9.93. The second-order valence-corrected chi connectivity index (χ2v) is 5.38. The van der Waals surface area contributed by atoms with Crippen LogP contribution in [0.5, 0.6) is 0 Å². The summed E-state index contributed by atoms with van der Waals surface area (Å²) in [7, 11) is 0. The zero-order valence-corrected chi connectivity index (χ0v) is 11.0. The molecule has 0 saturated carbocycles. The van der Waals surface area contributed by atoms with E-state index >= 15 is 0 Å². The smallest absolute Gasteiger partial charge is 0.310 e. The minimum atomic E-state index is -0.761. The van der Waals surface area contributed by atoms with Crippen molar-refractivity contribution in [2.75, 3.05) is 39.4 Å². The van der Waals surface area contributed by atoms with Crippen molar-refractivity contribution >= 4 is 5.97 Å². The zero-order valence-electron chi connectivity index (χ0n) is 11.0. The average molecular weight is 244 g/mol. The molecule has 2 N–H and O–H groups in total. The van der Waals surface area contributed by atoms with Gasteiger partial charge in [0.05, 0.1) is 18.6 Å². The van der Waals surface area contributed by atoms with Crippen molar-refractivity contribution < 1.29 is 14.6 Å². The fraction of sp³-hybridized carbons (Fsp3) is 0.917. The first kappa shape index (κ1) is 14.4. The van der Waals surface area contributed by atoms with Crippen molar-refractivity contribution in [2.24, 2.45) is 5.41 Å². The van der Waals surface area contributed by atoms with Gasteiger partial charge in [-0.1, -0.05) is 0 Å². The summed E-state index contributed by atoms with van der Waals surface area (Å²) in [5.74, 6) is -0.761. The lowest BCUT2D eigenvalue weighted by Gasteiger charge is -2.30. The molecule has 5 nitrogen and oxygen atoms in total. The number of nitrogens with zero attached hydrogens (tertiary/aromatic N) is 1. The van der Waals surface area contributed by atoms with Crippen LogP contribution < -0.4 is 5.32 Å². The molecule has 1 rings (SSSR count). The highest BCUT2D eigenvalue weighted by Gasteiger charge is 2.27. The third-order valence-corrected chi connectivity index (χ3v) is 3.11. The number of hydrogen-bond donors (Lipinski definition) is 2. The molecule has 1 aliphatic rings. The molecular weight excluding hydrogens is 220 g/mol. The van der Waals surface area contributed by atoms with Crippen molar-refractivity contribution in [2.45, 2.75) is 26.8 Å². The van der Waals surface area contributed by atoms with E-state index < -0.39 is 11.4 Å². The Morgan fingerprint density at radius 3 is 2.59 bits per heavy atom. The molecular formula is C12H24N2O3. The van der Waals surface area contributed by atoms with Gasteiger partial charge in [-0.3, -0.25) is 9.69 Å². The van der Waals surface area contributed by atoms with E-state index in [-0.39, 0.29) is 0 Å². The number of aliphatic carboxylic acids is 1. The quantitative estimate of drug-likeness (QED) is 0.708. The van der Waals surface area contributed by atoms with Crippen molar-refractivity contribution in [3.63, 3.8) is 0 Å². The van der Waals surface area contributed by atoms with Gasteiger partial charge in [0, 0.05) is 32.2 Å². The van der Waals surface area contributed by atoms with E-state index in [9.17, 15) is 4.79 Å². The minimum Gasteiger partial charge on any atom is -0.481 e. The van der Waals surface area contributed by atoms with Crippen molar-refractivity contribution in [1.29, 1.82) is 0 Å². The van der Waals surface area contributed by atoms with Crippen molar-refractivity contribution in [3.8, 4) is 0 Å². The first-order chi connectivity index (χ1) is 7.92. The number of rotatable bonds is 6. The molecule has 17 heavy (non-hydrogen) atoms. The van der Waals surface area contributed by atoms with E-state index in [4.69, 9.17) is 9.84 Å². The van der Waals surface area contributed by atoms with Gasteiger partial charge in [0.2, 0.25) is 0 Å². The second-order valence-electron chi connectivity index (χ2n) is 5.38. The normalized spacial score (nSPS) is 20.2. The maximum Gasteiger partial charge on any atom is 0.310 e. The largest absolute Gasteiger partial charge is 0.481 e. The maximum absolute atomic E-state index is 11.0. The Bertz CT molecular complexity index is 250. The van der Waals surface area contributed by atoms with Crippen LogP contribution in [-0.2, 0) is 9.53 Å². The topological polar surface area (TPSA) is 61.8 Å². The zero-order chi connectivity index (χ0) is 12.9. The van der Waals surface area contributed by atoms with Crippen LogP contribution in [0, 0.1) is 5.41 Å². The molecule has 1 heterocycles. The molecule has 1 fully saturated rings. The van der Waals surface area contributed by atoms with Crippen LogP contribution in [0.1, 0.15) is 20.8 Å². The summed E-state index contributed by atoms with van der Waals surface area (Å²) in [5, 5.41) is 12.3. The summed E-state index contributed by atoms with van der Waals surface area (Å²) in [6, 6.07) is 0.298. The SMILES string of the molecule is CC(CN1CCOCC1)NCC(C)(C)C(=O)O. The predicted molar refractivity (Wildman–Crippen MR) is 66.1 cm³/mol. The van der Waals surface area contributed by atoms with Crippen LogP contribution >= 0.6 is 0 Å². The van der Waals surface area contributed by atoms with Crippen LogP contribution in [0.3, 0.4) is 0 Å². The third-order valence-electron chi connectivity index (χ3n) is 3.11. The molecule has 0 amide bonds. The van der Waals surface area contributed by atoms with Crippen LogP contribution in [0.2, 0.25) is 0 Å². The van der Waals surface area contributed by atoms with Crippen LogP contribution in [0.25, 0.3) is 0 Å². The highest BCUT2D eigenvalue weighted by atomic mass is 16.5. The van der Waals surface area contributed by atoms with Gasteiger partial charge in [-0.15, -0.1) is 0 Å². The summed E-state index contributed by atoms with van der Waals surface area (Å²) < 4.78 is 5.29. The summed E-state index contributed by atoms with van der Waals surface area (Å²) in [6.07, 6.45) is 0. The molecule has 0 spiro atoms. The first-order valence-corrected chi connectivity index (χ1v) is 6.19. The molecule has 0 radical (unpaired) electrons. The Hall–Kier alpha value is -0.650. The first-order valence-electron chi connectivity index (χ1n) is 6.19. The monoisotopic (exact) mass is 244 g/mol. The highest BCUT2D eigenvalue weighted by Crippen LogP contribution is 2.13. The fourth-order valence-corrected chi connectivity index (χ4v) is 1.74. The Morgan fingerprint density at radius 1 is 1.47 bits per heavy atom. The van der Waals surface area contributed by atoms with Crippen molar-refractivity contribution in [1.82, 2.24) is 10.2 Å². The summed E-state index contributed by atoms with van der Waals surface area (Å²) in [4.78, 5) is 13.3. The molecule has 0 aromatic heterocycles. The van der Waals surface area contributed by atoms with Gasteiger partial charge in [-0.25, -0.2) is 0 Å². The van der Waals surface area contributed by atoms with Crippen LogP contribution in [0.15, 0.2) is 0 Å². The lowest BCUT2D eigenvalue weighted by Crippen LogP contribution is -2.47. The van der Waals surface area contributed by atoms with Gasteiger partial charge >= 0.3 is 5.97 Å². The van der Waals surface area contributed by atoms with Gasteiger partial charge in [0.25, 0.3) is 0 Å². The van der Waals surface area contributed by atoms with Gasteiger partial charge in [0.15, 0.2) is 0 Å². The van der Waals surface area contributed by atoms with E-state index in [0.29, 0.717) is 12.6 Å². The number of carboxylic acids is 1. The molecule has 1 saturated heterocycles. The van der Waals surface area contributed by atoms with Crippen molar-refractivity contribution in [3.05, 3.63) is 0 Å². The third kappa shape index (κ3) is 5.02. The summed E-state index contributed by atoms with van der Waals surface area (Å²) in [5.41, 5.74) is -0.709. The van der Waals surface area contributed by atoms with Crippen LogP contribution in [-0.4, -0.2) is 61.4 Å². The summed E-state index contributed by atoms with van der Waals surface area (Å²) >= 11 is 0. The number of ether oxygens (including phenoxy) is 1. The maximum atomic E-state index is 11.0. The molecule has 0 bridgehead atoms. The molecule has 1 atom stereocenters. The summed E-state index contributed by atoms with van der Waals surface area (Å²) in [6.45, 7) is 10.5. The Morgan fingerprint density at radius 2 is 2.06 bits per heavy atom. The number of carboxylic acid groups (broad SMARTS) is 1. The number of morpholine rings is 1. The standard InChI is InChI=1S/C12H24N2O3/c1-10(8-14-4-6-17-7-5-14)13-9-12(2,3)11(15)16/h10,13H,4-9H2,1-3H3,(H,15,16). The van der Waals surface area contributed by atoms with Crippen LogP contribution in [0.4, 0.5) is 0 Å². The number of nitrogens with one attached hydrogen (secondary N) is 1. The molecule has 1 unspecified atom stereocenters. The van der Waals surface area contributed by atoms with E-state index in [2.05, 4.69) is 17.1 Å². The second kappa shape index (κ2) is 6.33. The Labute approximate surface area is 103 Å². The van der Waals surface area contributed by atoms with E-state index in [1.807, 2.05) is 0 Å². The minimum absolute atomic E-state index is 0.298. The van der Waals surface area contributed by atoms with E-state index in [1.165, 1.54) is 0 Å². The molecule has 0 aliphatic carbocycles. The van der Waals surface area contributed by atoms with E-state index in [1.54, 1.807) is 13.8 Å². The van der Waals surface area contributed by atoms with Gasteiger partial charge < -0.3 is 15.2 Å². The van der Waals surface area contributed by atoms with Gasteiger partial charge in [-0.05, 0) is 20.8 Å². The molecule has 1 aliphatic heterocycles. The number of carbonyl (C=O) groups is 1. The fourth-order valence-electron chi connectivity index (χ4n) is 1.74. The lowest BCUT2D eigenvalue weighted by molar-refractivity contribution is -0.146. The molecule has 0 aromatic rings. The Balaban J connectivity index is 2.24. The van der Waals surface area contributed by atoms with E-state index in [0.717, 1.165) is 32.8 Å². The average Bonchev–Trinajstić information content (AvgIpc) is 2.28. The molecule has 0 aromatic carbocycles. The Kier molecular flexibility index (Phi) is 5.36. The van der Waals surface area contributed by atoms with Gasteiger partial charge in [-0.2, -0.15) is 0 Å². The predicted octanol–water partition coefficient (Wildman–Crippen LogP) is 0.408. The molecule has 100 valence electrons. The molecule has 5 heteroatoms.